The number of carbonyl (C=O) groups is 3. The second kappa shape index (κ2) is 16.2. The van der Waals surface area contributed by atoms with E-state index in [-0.39, 0.29) is 41.2 Å². The Bertz CT molecular complexity index is 2340. The Morgan fingerprint density at radius 2 is 1.02 bits per heavy atom. The zero-order valence-corrected chi connectivity index (χ0v) is 33.1. The minimum Gasteiger partial charge on any atom is -0.478 e. The molecule has 4 aromatic rings. The van der Waals surface area contributed by atoms with E-state index in [1.807, 2.05) is 0 Å². The van der Waals surface area contributed by atoms with Gasteiger partial charge in [-0.3, -0.25) is 9.59 Å². The van der Waals surface area contributed by atoms with Crippen LogP contribution < -0.4 is 0 Å². The Hall–Kier alpha value is -5.23. The summed E-state index contributed by atoms with van der Waals surface area (Å²) in [7, 11) is 0. The normalized spacial score (nSPS) is 15.0. The van der Waals surface area contributed by atoms with Gasteiger partial charge in [-0.15, -0.1) is 0 Å². The minimum atomic E-state index is -6.21. The van der Waals surface area contributed by atoms with E-state index >= 15 is 0 Å². The Labute approximate surface area is 340 Å². The summed E-state index contributed by atoms with van der Waals surface area (Å²) in [4.78, 5) is 37.8. The molecule has 0 saturated heterocycles. The van der Waals surface area contributed by atoms with Gasteiger partial charge in [0.15, 0.2) is 22.8 Å². The van der Waals surface area contributed by atoms with Crippen molar-refractivity contribution in [3.8, 4) is 0 Å². The lowest BCUT2D eigenvalue weighted by Gasteiger charge is -2.38. The third-order valence-corrected chi connectivity index (χ3v) is 11.0. The monoisotopic (exact) mass is 878 g/mol. The van der Waals surface area contributed by atoms with Crippen LogP contribution in [0.2, 0.25) is 0 Å². The number of aryl methyl sites for hydroxylation is 2. The lowest BCUT2D eigenvalue weighted by atomic mass is 9.72. The highest BCUT2D eigenvalue weighted by molar-refractivity contribution is 6.06. The van der Waals surface area contributed by atoms with Gasteiger partial charge in [0.25, 0.3) is 0 Å². The summed E-state index contributed by atoms with van der Waals surface area (Å²) in [5, 5.41) is 30.9. The van der Waals surface area contributed by atoms with Crippen LogP contribution >= 0.6 is 0 Å². The number of hydrogen-bond acceptors (Lipinski definition) is 5. The van der Waals surface area contributed by atoms with E-state index in [1.54, 1.807) is 0 Å². The topological polar surface area (TPSA) is 112 Å². The van der Waals surface area contributed by atoms with Crippen molar-refractivity contribution in [2.24, 2.45) is 0 Å². The van der Waals surface area contributed by atoms with Crippen LogP contribution in [0, 0.1) is 20.8 Å². The van der Waals surface area contributed by atoms with E-state index in [4.69, 9.17) is 0 Å². The molecule has 2 unspecified atom stereocenters. The molecule has 0 aliphatic carbocycles. The predicted molar refractivity (Wildman–Crippen MR) is 197 cm³/mol. The Morgan fingerprint density at radius 1 is 0.557 bits per heavy atom. The number of carbonyl (C=O) groups excluding carboxylic acids is 2. The first-order chi connectivity index (χ1) is 27.6. The number of Topliss-reactive ketones (excluding diaryl/α,β-unsaturated/α-hetero) is 2. The molecule has 0 heterocycles. The maximum Gasteiger partial charge on any atom is 0.421 e. The van der Waals surface area contributed by atoms with E-state index in [2.05, 4.69) is 0 Å². The quantitative estimate of drug-likeness (QED) is 0.0965. The van der Waals surface area contributed by atoms with Crippen molar-refractivity contribution in [2.45, 2.75) is 102 Å². The van der Waals surface area contributed by atoms with Gasteiger partial charge in [0.2, 0.25) is 5.41 Å². The highest BCUT2D eigenvalue weighted by atomic mass is 19.4. The third-order valence-electron chi connectivity index (χ3n) is 11.0. The van der Waals surface area contributed by atoms with E-state index in [1.165, 1.54) is 39.8 Å². The number of carboxylic acids is 1. The summed E-state index contributed by atoms with van der Waals surface area (Å²) < 4.78 is 174. The van der Waals surface area contributed by atoms with Crippen LogP contribution in [-0.4, -0.2) is 57.6 Å². The van der Waals surface area contributed by atoms with Crippen LogP contribution in [0.25, 0.3) is 0 Å². The van der Waals surface area contributed by atoms with Gasteiger partial charge in [0.05, 0.1) is 5.56 Å². The molecule has 330 valence electrons. The Morgan fingerprint density at radius 3 is 1.48 bits per heavy atom. The van der Waals surface area contributed by atoms with Crippen LogP contribution in [0.4, 0.5) is 52.7 Å². The number of halogens is 12. The average molecular weight is 879 g/mol. The van der Waals surface area contributed by atoms with Gasteiger partial charge in [0, 0.05) is 24.0 Å². The molecule has 0 saturated carbocycles. The highest BCUT2D eigenvalue weighted by Crippen LogP contribution is 2.56. The number of hydrogen-bond donors (Lipinski definition) is 3. The van der Waals surface area contributed by atoms with E-state index < -0.39 is 110 Å². The lowest BCUT2D eigenvalue weighted by molar-refractivity contribution is -0.288. The Kier molecular flexibility index (Phi) is 12.9. The average Bonchev–Trinajstić information content (AvgIpc) is 3.11. The van der Waals surface area contributed by atoms with Crippen LogP contribution in [0.1, 0.15) is 114 Å². The van der Waals surface area contributed by atoms with Crippen molar-refractivity contribution < 1.29 is 82.4 Å². The number of rotatable bonds is 12. The predicted octanol–water partition coefficient (Wildman–Crippen LogP) is 10.9. The van der Waals surface area contributed by atoms with Gasteiger partial charge in [-0.05, 0) is 103 Å². The first-order valence-corrected chi connectivity index (χ1v) is 18.1. The van der Waals surface area contributed by atoms with Crippen molar-refractivity contribution in [3.05, 3.63) is 139 Å². The molecular weight excluding hydrogens is 840 g/mol. The second-order valence-corrected chi connectivity index (χ2v) is 15.1. The molecule has 0 fully saturated rings. The number of benzene rings is 4. The largest absolute Gasteiger partial charge is 0.478 e. The van der Waals surface area contributed by atoms with Crippen LogP contribution in [-0.2, 0) is 29.5 Å². The van der Waals surface area contributed by atoms with Gasteiger partial charge in [0.1, 0.15) is 0 Å². The Balaban J connectivity index is 1.84. The smallest absolute Gasteiger partial charge is 0.421 e. The fraction of sp³-hybridized carbons (Fsp3) is 0.372. The maximum absolute atomic E-state index is 14.9. The molecule has 61 heavy (non-hydrogen) atoms. The molecular formula is C43H38F12O6. The summed E-state index contributed by atoms with van der Waals surface area (Å²) in [5.41, 5.74) is -18.7. The molecule has 4 aromatic carbocycles. The molecule has 3 N–H and O–H groups in total. The molecule has 0 radical (unpaired) electrons. The molecule has 0 aliphatic heterocycles. The number of carboxylic acid groups (broad SMARTS) is 1. The van der Waals surface area contributed by atoms with E-state index in [0.717, 1.165) is 12.1 Å². The van der Waals surface area contributed by atoms with Gasteiger partial charge in [-0.2, -0.15) is 52.7 Å². The van der Waals surface area contributed by atoms with Crippen molar-refractivity contribution >= 4 is 17.5 Å². The van der Waals surface area contributed by atoms with Gasteiger partial charge in [-0.25, -0.2) is 4.79 Å². The third kappa shape index (κ3) is 8.78. The molecule has 18 heteroatoms. The molecule has 6 nitrogen and oxygen atoms in total. The van der Waals surface area contributed by atoms with Crippen LogP contribution in [0.3, 0.4) is 0 Å². The van der Waals surface area contributed by atoms with E-state index in [9.17, 15) is 82.4 Å². The number of aromatic carboxylic acids is 1. The number of aliphatic hydroxyl groups is 2. The van der Waals surface area contributed by atoms with E-state index in [0.29, 0.717) is 55.8 Å². The standard InChI is InChI=1S/C43H38F12O6/c1-7-34(56)29-13-12-28(19-31(29)36(58)59)39(42(50,51)52,43(53,54)55)27-10-8-26(9-11-27)35(57)20-30-22(3)15-25(18-33(30)38(6,61)41(47,48)49)16-24-14-21(2)23(4)32(17-24)37(5,60)40(44,45)46/h8-15,17-19,60-61H,7,16,20H2,1-6H3,(H,58,59). The number of alkyl halides is 12. The fourth-order valence-electron chi connectivity index (χ4n) is 7.28. The van der Waals surface area contributed by atoms with Crippen molar-refractivity contribution in [2.75, 3.05) is 0 Å². The summed E-state index contributed by atoms with van der Waals surface area (Å²) in [5.74, 6) is -3.98. The summed E-state index contributed by atoms with van der Waals surface area (Å²) >= 11 is 0. The van der Waals surface area contributed by atoms with Crippen molar-refractivity contribution in [3.63, 3.8) is 0 Å². The van der Waals surface area contributed by atoms with Gasteiger partial charge >= 0.3 is 30.7 Å². The van der Waals surface area contributed by atoms with Crippen molar-refractivity contribution in [1.82, 2.24) is 0 Å². The second-order valence-electron chi connectivity index (χ2n) is 15.1. The fourth-order valence-corrected chi connectivity index (χ4v) is 7.28. The SMILES string of the molecule is CCC(=O)c1ccc(C(c2ccc(C(=O)Cc3c(C)cc(Cc4cc(C)c(C)c(C(C)(O)C(F)(F)F)c4)cc3C(C)(O)C(F)(F)F)cc2)(C(F)(F)F)C(F)(F)F)cc1C(=O)O. The first-order valence-electron chi connectivity index (χ1n) is 18.1. The maximum atomic E-state index is 14.9. The molecule has 0 aliphatic rings. The molecule has 0 amide bonds. The van der Waals surface area contributed by atoms with Gasteiger partial charge in [-0.1, -0.05) is 67.6 Å². The highest BCUT2D eigenvalue weighted by Gasteiger charge is 2.72. The summed E-state index contributed by atoms with van der Waals surface area (Å²) in [6.07, 6.45) is -24.6. The lowest BCUT2D eigenvalue weighted by Crippen LogP contribution is -2.54. The summed E-state index contributed by atoms with van der Waals surface area (Å²) in [6.45, 7) is 6.24. The molecule has 2 atom stereocenters. The molecule has 0 aromatic heterocycles. The van der Waals surface area contributed by atoms with Crippen LogP contribution in [0.5, 0.6) is 0 Å². The zero-order chi connectivity index (χ0) is 46.6. The first kappa shape index (κ1) is 48.4. The minimum absolute atomic E-state index is 0.0206. The number of ketones is 2. The molecule has 0 spiro atoms. The van der Waals surface area contributed by atoms with Crippen molar-refractivity contribution in [1.29, 1.82) is 0 Å². The molecule has 0 bridgehead atoms. The van der Waals surface area contributed by atoms with Crippen LogP contribution in [0.15, 0.2) is 66.7 Å². The molecule has 4 rings (SSSR count). The zero-order valence-electron chi connectivity index (χ0n) is 33.1. The summed E-state index contributed by atoms with van der Waals surface area (Å²) in [6, 6.07) is 7.32. The van der Waals surface area contributed by atoms with Gasteiger partial charge < -0.3 is 15.3 Å².